The van der Waals surface area contributed by atoms with E-state index in [2.05, 4.69) is 19.9 Å². The molecule has 164 valence electrons. The second-order valence-electron chi connectivity index (χ2n) is 11.6. The predicted octanol–water partition coefficient (Wildman–Crippen LogP) is 5.07. The molecule has 4 aliphatic carbocycles. The highest BCUT2D eigenvalue weighted by atomic mass is 16.5. The molecule has 0 aromatic rings. The van der Waals surface area contributed by atoms with Gasteiger partial charge in [-0.2, -0.15) is 0 Å². The molecule has 0 radical (unpaired) electrons. The summed E-state index contributed by atoms with van der Waals surface area (Å²) in [5.74, 6) is 1.58. The summed E-state index contributed by atoms with van der Waals surface area (Å²) in [5, 5.41) is 0. The number of fused-ring (bicyclic) bond motifs is 5. The van der Waals surface area contributed by atoms with E-state index in [1.54, 1.807) is 6.08 Å². The van der Waals surface area contributed by atoms with E-state index in [1.165, 1.54) is 5.57 Å². The minimum Gasteiger partial charge on any atom is -0.457 e. The highest BCUT2D eigenvalue weighted by Crippen LogP contribution is 2.66. The van der Waals surface area contributed by atoms with Gasteiger partial charge in [-0.25, -0.2) is 0 Å². The molecular weight excluding hydrogens is 376 g/mol. The van der Waals surface area contributed by atoms with Gasteiger partial charge in [0.15, 0.2) is 11.6 Å². The molecule has 3 saturated carbocycles. The zero-order chi connectivity index (χ0) is 21.9. The molecule has 0 saturated heterocycles. The fraction of sp³-hybridized carbons (Fsp3) is 0.731. The second-order valence-corrected chi connectivity index (χ2v) is 11.6. The van der Waals surface area contributed by atoms with Crippen molar-refractivity contribution in [3.8, 4) is 0 Å². The van der Waals surface area contributed by atoms with Crippen LogP contribution in [0.3, 0.4) is 0 Å². The lowest BCUT2D eigenvalue weighted by atomic mass is 9.47. The van der Waals surface area contributed by atoms with Crippen molar-refractivity contribution >= 4 is 17.5 Å². The Morgan fingerprint density at radius 2 is 1.83 bits per heavy atom. The van der Waals surface area contributed by atoms with Crippen molar-refractivity contribution in [2.45, 2.75) is 73.1 Å². The first kappa shape index (κ1) is 21.5. The smallest absolute Gasteiger partial charge is 0.311 e. The van der Waals surface area contributed by atoms with Crippen LogP contribution in [0.1, 0.15) is 73.1 Å². The molecule has 0 bridgehead atoms. The lowest BCUT2D eigenvalue weighted by Crippen LogP contribution is -2.50. The first-order chi connectivity index (χ1) is 14.0. The number of ether oxygens (including phenoxy) is 1. The average Bonchev–Trinajstić information content (AvgIpc) is 3.03. The highest BCUT2D eigenvalue weighted by molar-refractivity contribution is 6.01. The Labute approximate surface area is 180 Å². The Hall–Kier alpha value is -1.71. The fourth-order valence-corrected chi connectivity index (χ4v) is 7.18. The molecule has 0 N–H and O–H groups in total. The van der Waals surface area contributed by atoms with Gasteiger partial charge in [0, 0.05) is 11.3 Å². The molecular formula is C26H36O4. The zero-order valence-electron chi connectivity index (χ0n) is 19.1. The number of hydrogen-bond donors (Lipinski definition) is 0. The van der Waals surface area contributed by atoms with Gasteiger partial charge in [0.2, 0.25) is 0 Å². The van der Waals surface area contributed by atoms with Crippen molar-refractivity contribution in [1.82, 2.24) is 0 Å². The number of rotatable bonds is 3. The number of carbonyl (C=O) groups is 3. The van der Waals surface area contributed by atoms with Crippen molar-refractivity contribution in [2.24, 2.45) is 39.9 Å². The summed E-state index contributed by atoms with van der Waals surface area (Å²) >= 11 is 0. The van der Waals surface area contributed by atoms with Crippen molar-refractivity contribution < 1.29 is 19.1 Å². The van der Waals surface area contributed by atoms with Crippen LogP contribution >= 0.6 is 0 Å². The summed E-state index contributed by atoms with van der Waals surface area (Å²) in [6, 6.07) is 0. The normalized spacial score (nSPS) is 40.2. The number of carbonyl (C=O) groups excluding carboxylic acids is 3. The van der Waals surface area contributed by atoms with Gasteiger partial charge in [-0.15, -0.1) is 0 Å². The van der Waals surface area contributed by atoms with Crippen molar-refractivity contribution in [3.63, 3.8) is 0 Å². The van der Waals surface area contributed by atoms with Gasteiger partial charge in [-0.05, 0) is 94.6 Å². The van der Waals surface area contributed by atoms with Crippen LogP contribution in [0.5, 0.6) is 0 Å². The Kier molecular flexibility index (Phi) is 5.14. The maximum atomic E-state index is 13.1. The molecule has 0 aliphatic heterocycles. The largest absolute Gasteiger partial charge is 0.457 e. The second kappa shape index (κ2) is 7.17. The van der Waals surface area contributed by atoms with E-state index in [1.807, 2.05) is 26.8 Å². The minimum absolute atomic E-state index is 0.00182. The predicted molar refractivity (Wildman–Crippen MR) is 116 cm³/mol. The van der Waals surface area contributed by atoms with E-state index in [0.29, 0.717) is 17.8 Å². The van der Waals surface area contributed by atoms with Gasteiger partial charge in [-0.3, -0.25) is 14.4 Å². The molecule has 6 atom stereocenters. The molecule has 4 heteroatoms. The molecule has 0 unspecified atom stereocenters. The van der Waals surface area contributed by atoms with E-state index in [0.717, 1.165) is 38.5 Å². The van der Waals surface area contributed by atoms with Crippen molar-refractivity contribution in [3.05, 3.63) is 23.8 Å². The van der Waals surface area contributed by atoms with Crippen LogP contribution in [0, 0.1) is 39.9 Å². The molecule has 4 nitrogen and oxygen atoms in total. The number of allylic oxidation sites excluding steroid dienone is 4. The third-order valence-corrected chi connectivity index (χ3v) is 8.90. The Bertz CT molecular complexity index is 828. The van der Waals surface area contributed by atoms with E-state index < -0.39 is 5.41 Å². The molecule has 4 aliphatic rings. The van der Waals surface area contributed by atoms with Gasteiger partial charge >= 0.3 is 5.97 Å². The van der Waals surface area contributed by atoms with Crippen LogP contribution in [0.25, 0.3) is 0 Å². The molecule has 0 aromatic heterocycles. The standard InChI is InChI=1S/C26H36O4/c1-24(2,3)23(29)30-15-22(28)21-9-8-19-18-7-6-16-14-17(27)10-12-25(16,4)20(18)11-13-26(19,21)5/h10,12,14,18-21H,6-9,11,13,15H2,1-5H3/t18-,19-,20-,21+,25-,26-/m0/s1. The topological polar surface area (TPSA) is 60.4 Å². The van der Waals surface area contributed by atoms with Crippen LogP contribution < -0.4 is 0 Å². The van der Waals surface area contributed by atoms with Crippen LogP contribution in [0.2, 0.25) is 0 Å². The highest BCUT2D eigenvalue weighted by Gasteiger charge is 2.59. The Balaban J connectivity index is 1.50. The van der Waals surface area contributed by atoms with Gasteiger partial charge in [0.25, 0.3) is 0 Å². The van der Waals surface area contributed by atoms with Crippen LogP contribution in [0.4, 0.5) is 0 Å². The molecule has 30 heavy (non-hydrogen) atoms. The van der Waals surface area contributed by atoms with E-state index in [-0.39, 0.29) is 40.9 Å². The third-order valence-electron chi connectivity index (χ3n) is 8.90. The lowest BCUT2D eigenvalue weighted by molar-refractivity contribution is -0.158. The molecule has 0 amide bonds. The summed E-state index contributed by atoms with van der Waals surface area (Å²) in [7, 11) is 0. The summed E-state index contributed by atoms with van der Waals surface area (Å²) in [6.07, 6.45) is 12.0. The Morgan fingerprint density at radius 3 is 2.53 bits per heavy atom. The summed E-state index contributed by atoms with van der Waals surface area (Å²) in [6.45, 7) is 9.97. The van der Waals surface area contributed by atoms with Crippen molar-refractivity contribution in [2.75, 3.05) is 6.61 Å². The first-order valence-corrected chi connectivity index (χ1v) is 11.6. The number of ketones is 2. The fourth-order valence-electron chi connectivity index (χ4n) is 7.18. The van der Waals surface area contributed by atoms with Gasteiger partial charge in [0.05, 0.1) is 5.41 Å². The first-order valence-electron chi connectivity index (χ1n) is 11.6. The molecule has 4 rings (SSSR count). The SMILES string of the molecule is CC(C)(C)C(=O)OCC(=O)[C@H]1CC[C@H]2[C@@H]3CCC4=CC(=O)C=C[C@]4(C)[C@H]3CC[C@]12C. The average molecular weight is 413 g/mol. The summed E-state index contributed by atoms with van der Waals surface area (Å²) in [4.78, 5) is 37.1. The van der Waals surface area contributed by atoms with Gasteiger partial charge in [0.1, 0.15) is 6.61 Å². The van der Waals surface area contributed by atoms with Crippen LogP contribution in [0.15, 0.2) is 23.8 Å². The lowest BCUT2D eigenvalue weighted by Gasteiger charge is -2.56. The molecule has 0 spiro atoms. The van der Waals surface area contributed by atoms with Crippen LogP contribution in [-0.4, -0.2) is 24.1 Å². The number of esters is 1. The quantitative estimate of drug-likeness (QED) is 0.607. The Morgan fingerprint density at radius 1 is 1.10 bits per heavy atom. The third kappa shape index (κ3) is 3.31. The summed E-state index contributed by atoms with van der Waals surface area (Å²) in [5.41, 5.74) is 0.707. The molecule has 0 aromatic carbocycles. The van der Waals surface area contributed by atoms with Gasteiger partial charge < -0.3 is 4.74 Å². The van der Waals surface area contributed by atoms with Crippen LogP contribution in [-0.2, 0) is 19.1 Å². The number of hydrogen-bond acceptors (Lipinski definition) is 4. The maximum Gasteiger partial charge on any atom is 0.311 e. The minimum atomic E-state index is -0.585. The van der Waals surface area contributed by atoms with Gasteiger partial charge in [-0.1, -0.05) is 25.5 Å². The summed E-state index contributed by atoms with van der Waals surface area (Å²) < 4.78 is 5.37. The van der Waals surface area contributed by atoms with E-state index in [4.69, 9.17) is 4.74 Å². The number of Topliss-reactive ketones (excluding diaryl/α,β-unsaturated/α-hetero) is 1. The monoisotopic (exact) mass is 412 g/mol. The van der Waals surface area contributed by atoms with Crippen molar-refractivity contribution in [1.29, 1.82) is 0 Å². The van der Waals surface area contributed by atoms with E-state index >= 15 is 0 Å². The van der Waals surface area contributed by atoms with E-state index in [9.17, 15) is 14.4 Å². The maximum absolute atomic E-state index is 13.1. The molecule has 0 heterocycles. The zero-order valence-corrected chi connectivity index (χ0v) is 19.1. The molecule has 3 fully saturated rings.